The Balaban J connectivity index is 1.94. The van der Waals surface area contributed by atoms with E-state index in [1.807, 2.05) is 30.3 Å². The largest absolute Gasteiger partial charge is 0.508 e. The molecule has 0 spiro atoms. The molecule has 0 aromatic heterocycles. The van der Waals surface area contributed by atoms with Gasteiger partial charge in [-0.2, -0.15) is 0 Å². The molecule has 37 heavy (non-hydrogen) atoms. The fourth-order valence-electron chi connectivity index (χ4n) is 3.61. The fraction of sp³-hybridized carbons (Fsp3) is 0.385. The molecular weight excluding hydrogens is 478 g/mol. The lowest BCUT2D eigenvalue weighted by molar-refractivity contribution is -0.142. The van der Waals surface area contributed by atoms with Crippen LogP contribution in [0.3, 0.4) is 0 Å². The van der Waals surface area contributed by atoms with Gasteiger partial charge in [-0.1, -0.05) is 42.5 Å². The van der Waals surface area contributed by atoms with Crippen molar-refractivity contribution in [2.75, 3.05) is 13.1 Å². The number of nitrogens with two attached hydrogens (primary N) is 2. The van der Waals surface area contributed by atoms with Crippen molar-refractivity contribution in [1.82, 2.24) is 16.0 Å². The summed E-state index contributed by atoms with van der Waals surface area (Å²) in [5, 5.41) is 26.5. The predicted molar refractivity (Wildman–Crippen MR) is 137 cm³/mol. The molecule has 3 amide bonds. The number of carbonyl (C=O) groups excluding carboxylic acids is 3. The number of aliphatic carboxylic acids is 1. The molecular formula is C26H35N5O6. The molecule has 0 aliphatic heterocycles. The molecule has 0 aliphatic carbocycles. The first-order valence-corrected chi connectivity index (χ1v) is 12.1. The topological polar surface area (TPSA) is 197 Å². The number of carbonyl (C=O) groups is 4. The number of benzene rings is 2. The molecule has 0 fully saturated rings. The molecule has 0 aliphatic rings. The van der Waals surface area contributed by atoms with Gasteiger partial charge >= 0.3 is 5.97 Å². The van der Waals surface area contributed by atoms with Crippen LogP contribution in [0.4, 0.5) is 0 Å². The normalized spacial score (nSPS) is 13.1. The molecule has 3 unspecified atom stereocenters. The highest BCUT2D eigenvalue weighted by molar-refractivity contribution is 5.92. The van der Waals surface area contributed by atoms with Gasteiger partial charge in [0.2, 0.25) is 17.7 Å². The van der Waals surface area contributed by atoms with Crippen molar-refractivity contribution in [3.05, 3.63) is 65.7 Å². The number of phenols is 1. The summed E-state index contributed by atoms with van der Waals surface area (Å²) >= 11 is 0. The summed E-state index contributed by atoms with van der Waals surface area (Å²) in [6.07, 6.45) is 1.66. The molecule has 0 heterocycles. The average molecular weight is 514 g/mol. The third kappa shape index (κ3) is 10.7. The Morgan fingerprint density at radius 3 is 2.08 bits per heavy atom. The van der Waals surface area contributed by atoms with Gasteiger partial charge in [-0.25, -0.2) is 4.79 Å². The van der Waals surface area contributed by atoms with Crippen LogP contribution in [0.1, 0.15) is 30.4 Å². The number of hydrogen-bond acceptors (Lipinski definition) is 7. The van der Waals surface area contributed by atoms with Gasteiger partial charge < -0.3 is 37.6 Å². The van der Waals surface area contributed by atoms with Crippen molar-refractivity contribution in [3.63, 3.8) is 0 Å². The van der Waals surface area contributed by atoms with Crippen LogP contribution >= 0.6 is 0 Å². The zero-order valence-electron chi connectivity index (χ0n) is 20.6. The minimum absolute atomic E-state index is 0.0137. The van der Waals surface area contributed by atoms with E-state index in [4.69, 9.17) is 11.5 Å². The summed E-state index contributed by atoms with van der Waals surface area (Å²) in [5.74, 6) is -2.99. The van der Waals surface area contributed by atoms with E-state index < -0.39 is 48.4 Å². The lowest BCUT2D eigenvalue weighted by atomic mass is 10.0. The molecule has 0 radical (unpaired) electrons. The fourth-order valence-corrected chi connectivity index (χ4v) is 3.61. The summed E-state index contributed by atoms with van der Waals surface area (Å²) in [4.78, 5) is 49.5. The van der Waals surface area contributed by atoms with E-state index in [0.29, 0.717) is 31.4 Å². The van der Waals surface area contributed by atoms with E-state index in [1.54, 1.807) is 12.1 Å². The smallest absolute Gasteiger partial charge is 0.326 e. The number of carboxylic acid groups (broad SMARTS) is 1. The maximum atomic E-state index is 12.9. The highest BCUT2D eigenvalue weighted by Gasteiger charge is 2.27. The molecule has 3 atom stereocenters. The number of amides is 3. The lowest BCUT2D eigenvalue weighted by Gasteiger charge is -2.22. The Labute approximate surface area is 215 Å². The first kappa shape index (κ1) is 29.3. The van der Waals surface area contributed by atoms with Gasteiger partial charge in [0.05, 0.1) is 12.6 Å². The van der Waals surface area contributed by atoms with Gasteiger partial charge in [-0.3, -0.25) is 14.4 Å². The molecule has 2 rings (SSSR count). The van der Waals surface area contributed by atoms with E-state index >= 15 is 0 Å². The molecule has 0 saturated heterocycles. The van der Waals surface area contributed by atoms with Crippen molar-refractivity contribution < 1.29 is 29.4 Å². The van der Waals surface area contributed by atoms with Crippen molar-refractivity contribution in [3.8, 4) is 5.75 Å². The van der Waals surface area contributed by atoms with E-state index in [1.165, 1.54) is 12.1 Å². The van der Waals surface area contributed by atoms with Gasteiger partial charge in [0.25, 0.3) is 0 Å². The summed E-state index contributed by atoms with van der Waals surface area (Å²) in [6.45, 7) is 0.00804. The molecule has 9 N–H and O–H groups in total. The molecule has 0 bridgehead atoms. The number of unbranched alkanes of at least 4 members (excludes halogenated alkanes) is 1. The summed E-state index contributed by atoms with van der Waals surface area (Å²) < 4.78 is 0. The third-order valence-electron chi connectivity index (χ3n) is 5.65. The Morgan fingerprint density at radius 1 is 0.811 bits per heavy atom. The van der Waals surface area contributed by atoms with Gasteiger partial charge in [0.15, 0.2) is 0 Å². The van der Waals surface area contributed by atoms with Crippen LogP contribution in [0.25, 0.3) is 0 Å². The van der Waals surface area contributed by atoms with Crippen molar-refractivity contribution >= 4 is 23.7 Å². The summed E-state index contributed by atoms with van der Waals surface area (Å²) in [6, 6.07) is 12.1. The summed E-state index contributed by atoms with van der Waals surface area (Å²) in [5.41, 5.74) is 12.9. The first-order valence-electron chi connectivity index (χ1n) is 12.1. The highest BCUT2D eigenvalue weighted by Crippen LogP contribution is 2.12. The molecule has 2 aromatic carbocycles. The number of phenolic OH excluding ortho intramolecular Hbond substituents is 1. The monoisotopic (exact) mass is 513 g/mol. The maximum Gasteiger partial charge on any atom is 0.326 e. The third-order valence-corrected chi connectivity index (χ3v) is 5.65. The summed E-state index contributed by atoms with van der Waals surface area (Å²) in [7, 11) is 0. The minimum Gasteiger partial charge on any atom is -0.508 e. The van der Waals surface area contributed by atoms with Gasteiger partial charge in [0.1, 0.15) is 17.8 Å². The highest BCUT2D eigenvalue weighted by atomic mass is 16.4. The lowest BCUT2D eigenvalue weighted by Crippen LogP contribution is -2.54. The van der Waals surface area contributed by atoms with Gasteiger partial charge in [-0.15, -0.1) is 0 Å². The standard InChI is InChI=1S/C26H35N5O6/c27-13-5-4-8-21(25(35)31-22(26(36)37)15-18-9-11-19(32)12-10-18)30-23(33)16-29-24(34)20(28)14-17-6-2-1-3-7-17/h1-3,6-7,9-12,20-22,32H,4-5,8,13-16,27-28H2,(H,29,34)(H,30,33)(H,31,35)(H,36,37). The van der Waals surface area contributed by atoms with Crippen molar-refractivity contribution in [2.24, 2.45) is 11.5 Å². The molecule has 11 heteroatoms. The van der Waals surface area contributed by atoms with Crippen molar-refractivity contribution in [1.29, 1.82) is 0 Å². The first-order chi connectivity index (χ1) is 17.7. The molecule has 0 saturated carbocycles. The van der Waals surface area contributed by atoms with Crippen LogP contribution in [-0.4, -0.2) is 65.1 Å². The predicted octanol–water partition coefficient (Wildman–Crippen LogP) is -0.196. The zero-order chi connectivity index (χ0) is 27.2. The number of aromatic hydroxyl groups is 1. The van der Waals surface area contributed by atoms with Crippen LogP contribution in [0.2, 0.25) is 0 Å². The number of carboxylic acids is 1. The maximum absolute atomic E-state index is 12.9. The second-order valence-electron chi connectivity index (χ2n) is 8.69. The second kappa shape index (κ2) is 15.2. The Morgan fingerprint density at radius 2 is 1.46 bits per heavy atom. The molecule has 11 nitrogen and oxygen atoms in total. The van der Waals surface area contributed by atoms with Gasteiger partial charge in [-0.05, 0) is 55.5 Å². The van der Waals surface area contributed by atoms with E-state index in [0.717, 1.165) is 5.56 Å². The molecule has 200 valence electrons. The molecule has 2 aromatic rings. The number of rotatable bonds is 15. The average Bonchev–Trinajstić information content (AvgIpc) is 2.88. The zero-order valence-corrected chi connectivity index (χ0v) is 20.6. The number of hydrogen-bond donors (Lipinski definition) is 7. The van der Waals surface area contributed by atoms with Crippen LogP contribution in [0.5, 0.6) is 5.75 Å². The van der Waals surface area contributed by atoms with Crippen LogP contribution in [0, 0.1) is 0 Å². The minimum atomic E-state index is -1.25. The van der Waals surface area contributed by atoms with E-state index in [-0.39, 0.29) is 18.6 Å². The quantitative estimate of drug-likeness (QED) is 0.159. The number of nitrogens with one attached hydrogen (secondary N) is 3. The van der Waals surface area contributed by atoms with Gasteiger partial charge in [0, 0.05) is 6.42 Å². The van der Waals surface area contributed by atoms with Crippen molar-refractivity contribution in [2.45, 2.75) is 50.2 Å². The van der Waals surface area contributed by atoms with Crippen LogP contribution in [-0.2, 0) is 32.0 Å². The SMILES string of the molecule is NCCCCC(NC(=O)CNC(=O)C(N)Cc1ccccc1)C(=O)NC(Cc1ccc(O)cc1)C(=O)O. The van der Waals surface area contributed by atoms with E-state index in [2.05, 4.69) is 16.0 Å². The Kier molecular flexibility index (Phi) is 12.0. The second-order valence-corrected chi connectivity index (χ2v) is 8.69. The van der Waals surface area contributed by atoms with Crippen LogP contribution < -0.4 is 27.4 Å². The van der Waals surface area contributed by atoms with Crippen LogP contribution in [0.15, 0.2) is 54.6 Å². The van der Waals surface area contributed by atoms with E-state index in [9.17, 15) is 29.4 Å². The Hall–Kier alpha value is -3.96. The Bertz CT molecular complexity index is 1030.